The van der Waals surface area contributed by atoms with Crippen molar-refractivity contribution in [3.8, 4) is 5.75 Å². The van der Waals surface area contributed by atoms with Gasteiger partial charge < -0.3 is 9.64 Å². The van der Waals surface area contributed by atoms with E-state index in [9.17, 15) is 13.2 Å². The van der Waals surface area contributed by atoms with Crippen molar-refractivity contribution in [2.45, 2.75) is 84.0 Å². The molecule has 1 aromatic rings. The Morgan fingerprint density at radius 3 is 2.00 bits per heavy atom. The number of ether oxygens (including phenoxy) is 1. The van der Waals surface area contributed by atoms with Gasteiger partial charge >= 0.3 is 0 Å². The SMILES string of the molecule is CCCCCCCCCCCCCCOc1ccc(C(=O)N(CC2=CC=CCN2C)S(C)(=O)=O)cc1. The molecular weight excluding hydrogens is 472 g/mol. The Bertz CT molecular complexity index is 939. The van der Waals surface area contributed by atoms with Crippen molar-refractivity contribution >= 4 is 15.9 Å². The number of rotatable bonds is 18. The second-order valence-corrected chi connectivity index (χ2v) is 11.7. The Hall–Kier alpha value is -2.28. The van der Waals surface area contributed by atoms with E-state index in [0.29, 0.717) is 24.5 Å². The maximum atomic E-state index is 13.0. The highest BCUT2D eigenvalue weighted by molar-refractivity contribution is 7.88. The maximum absolute atomic E-state index is 13.0. The van der Waals surface area contributed by atoms with Crippen LogP contribution in [0.4, 0.5) is 0 Å². The first-order valence-electron chi connectivity index (χ1n) is 13.6. The second-order valence-electron chi connectivity index (χ2n) is 9.80. The van der Waals surface area contributed by atoms with Crippen LogP contribution in [0.5, 0.6) is 5.75 Å². The van der Waals surface area contributed by atoms with Crippen LogP contribution in [0.3, 0.4) is 0 Å². The molecule has 0 fully saturated rings. The number of carbonyl (C=O) groups is 1. The normalized spacial score (nSPS) is 13.5. The van der Waals surface area contributed by atoms with Crippen LogP contribution >= 0.6 is 0 Å². The molecular formula is C29H46N2O4S. The van der Waals surface area contributed by atoms with E-state index >= 15 is 0 Å². The number of unbranched alkanes of at least 4 members (excludes halogenated alkanes) is 11. The number of hydrogen-bond acceptors (Lipinski definition) is 5. The Balaban J connectivity index is 1.68. The van der Waals surface area contributed by atoms with Crippen LogP contribution in [0.2, 0.25) is 0 Å². The number of amides is 1. The minimum Gasteiger partial charge on any atom is -0.494 e. The van der Waals surface area contributed by atoms with E-state index < -0.39 is 15.9 Å². The summed E-state index contributed by atoms with van der Waals surface area (Å²) in [4.78, 5) is 14.9. The van der Waals surface area contributed by atoms with Crippen LogP contribution in [-0.2, 0) is 10.0 Å². The van der Waals surface area contributed by atoms with Crippen molar-refractivity contribution in [3.63, 3.8) is 0 Å². The first kappa shape index (κ1) is 29.9. The molecule has 36 heavy (non-hydrogen) atoms. The van der Waals surface area contributed by atoms with Crippen molar-refractivity contribution in [1.82, 2.24) is 9.21 Å². The van der Waals surface area contributed by atoms with Gasteiger partial charge in [-0.3, -0.25) is 4.79 Å². The van der Waals surface area contributed by atoms with Gasteiger partial charge in [0, 0.05) is 24.9 Å². The fourth-order valence-electron chi connectivity index (χ4n) is 4.27. The fraction of sp³-hybridized carbons (Fsp3) is 0.621. The molecule has 1 aromatic carbocycles. The summed E-state index contributed by atoms with van der Waals surface area (Å²) in [7, 11) is -1.84. The van der Waals surface area contributed by atoms with Gasteiger partial charge in [-0.05, 0) is 36.8 Å². The lowest BCUT2D eigenvalue weighted by atomic mass is 10.1. The van der Waals surface area contributed by atoms with Gasteiger partial charge in [-0.25, -0.2) is 12.7 Å². The van der Waals surface area contributed by atoms with Gasteiger partial charge in [0.15, 0.2) is 0 Å². The molecule has 0 radical (unpaired) electrons. The van der Waals surface area contributed by atoms with Gasteiger partial charge in [-0.2, -0.15) is 0 Å². The molecule has 7 heteroatoms. The van der Waals surface area contributed by atoms with Gasteiger partial charge in [0.2, 0.25) is 10.0 Å². The van der Waals surface area contributed by atoms with Crippen LogP contribution in [0.25, 0.3) is 0 Å². The van der Waals surface area contributed by atoms with Crippen molar-refractivity contribution in [2.75, 3.05) is 33.0 Å². The molecule has 0 spiro atoms. The minimum atomic E-state index is -3.72. The monoisotopic (exact) mass is 518 g/mol. The highest BCUT2D eigenvalue weighted by Crippen LogP contribution is 2.19. The second kappa shape index (κ2) is 16.5. The quantitative estimate of drug-likeness (QED) is 0.206. The molecule has 202 valence electrons. The van der Waals surface area contributed by atoms with Crippen molar-refractivity contribution in [3.05, 3.63) is 53.8 Å². The lowest BCUT2D eigenvalue weighted by molar-refractivity contribution is 0.0864. The van der Waals surface area contributed by atoms with E-state index in [2.05, 4.69) is 6.92 Å². The zero-order valence-electron chi connectivity index (χ0n) is 22.6. The molecule has 0 aliphatic carbocycles. The Morgan fingerprint density at radius 2 is 1.47 bits per heavy atom. The highest BCUT2D eigenvalue weighted by Gasteiger charge is 2.26. The third-order valence-corrected chi connectivity index (χ3v) is 7.69. The van der Waals surface area contributed by atoms with Crippen LogP contribution in [0, 0.1) is 0 Å². The van der Waals surface area contributed by atoms with Crippen molar-refractivity contribution in [1.29, 1.82) is 0 Å². The Labute approximate surface area is 219 Å². The van der Waals surface area contributed by atoms with Crippen molar-refractivity contribution in [2.24, 2.45) is 0 Å². The number of carbonyl (C=O) groups excluding carboxylic acids is 1. The van der Waals surface area contributed by atoms with E-state index in [1.54, 1.807) is 24.3 Å². The van der Waals surface area contributed by atoms with Gasteiger partial charge in [-0.1, -0.05) is 89.7 Å². The predicted molar refractivity (Wildman–Crippen MR) is 149 cm³/mol. The summed E-state index contributed by atoms with van der Waals surface area (Å²) in [6.45, 7) is 3.60. The average Bonchev–Trinajstić information content (AvgIpc) is 2.85. The number of sulfonamides is 1. The van der Waals surface area contributed by atoms with Gasteiger partial charge in [0.05, 0.1) is 19.4 Å². The van der Waals surface area contributed by atoms with E-state index in [1.807, 2.05) is 30.2 Å². The summed E-state index contributed by atoms with van der Waals surface area (Å²) in [5, 5.41) is 0. The number of benzene rings is 1. The molecule has 6 nitrogen and oxygen atoms in total. The smallest absolute Gasteiger partial charge is 0.267 e. The van der Waals surface area contributed by atoms with Crippen LogP contribution in [-0.4, -0.2) is 56.5 Å². The molecule has 2 rings (SSSR count). The summed E-state index contributed by atoms with van der Waals surface area (Å²) in [6.07, 6.45) is 22.4. The van der Waals surface area contributed by atoms with Gasteiger partial charge in [-0.15, -0.1) is 0 Å². The molecule has 1 aliphatic heterocycles. The van der Waals surface area contributed by atoms with E-state index in [-0.39, 0.29) is 6.54 Å². The summed E-state index contributed by atoms with van der Waals surface area (Å²) in [6, 6.07) is 6.75. The molecule has 1 aliphatic rings. The molecule has 0 N–H and O–H groups in total. The fourth-order valence-corrected chi connectivity index (χ4v) is 5.05. The zero-order valence-corrected chi connectivity index (χ0v) is 23.4. The number of nitrogens with zero attached hydrogens (tertiary/aromatic N) is 2. The Kier molecular flexibility index (Phi) is 13.7. The maximum Gasteiger partial charge on any atom is 0.267 e. The van der Waals surface area contributed by atoms with Crippen LogP contribution in [0.15, 0.2) is 48.2 Å². The average molecular weight is 519 g/mol. The molecule has 0 saturated heterocycles. The number of allylic oxidation sites excluding steroid dienone is 2. The molecule has 0 unspecified atom stereocenters. The molecule has 0 bridgehead atoms. The first-order chi connectivity index (χ1) is 17.3. The van der Waals surface area contributed by atoms with E-state index in [1.165, 1.54) is 64.2 Å². The molecule has 1 amide bonds. The topological polar surface area (TPSA) is 66.9 Å². The lowest BCUT2D eigenvalue weighted by Gasteiger charge is -2.28. The van der Waals surface area contributed by atoms with Crippen LogP contribution in [0.1, 0.15) is 94.3 Å². The summed E-state index contributed by atoms with van der Waals surface area (Å²) in [5.74, 6) is 0.161. The lowest BCUT2D eigenvalue weighted by Crippen LogP contribution is -2.40. The number of likely N-dealkylation sites (N-methyl/N-ethyl adjacent to an activating group) is 1. The summed E-state index contributed by atoms with van der Waals surface area (Å²) >= 11 is 0. The van der Waals surface area contributed by atoms with Gasteiger partial charge in [0.25, 0.3) is 5.91 Å². The summed E-state index contributed by atoms with van der Waals surface area (Å²) in [5.41, 5.74) is 1.10. The minimum absolute atomic E-state index is 0.00964. The zero-order chi connectivity index (χ0) is 26.2. The van der Waals surface area contributed by atoms with E-state index in [0.717, 1.165) is 29.1 Å². The Morgan fingerprint density at radius 1 is 0.917 bits per heavy atom. The highest BCUT2D eigenvalue weighted by atomic mass is 32.2. The van der Waals surface area contributed by atoms with Crippen LogP contribution < -0.4 is 4.74 Å². The third kappa shape index (κ3) is 11.2. The first-order valence-corrected chi connectivity index (χ1v) is 15.5. The van der Waals surface area contributed by atoms with Gasteiger partial charge in [0.1, 0.15) is 5.75 Å². The van der Waals surface area contributed by atoms with E-state index in [4.69, 9.17) is 4.74 Å². The molecule has 1 heterocycles. The molecule has 0 atom stereocenters. The summed E-state index contributed by atoms with van der Waals surface area (Å²) < 4.78 is 31.5. The largest absolute Gasteiger partial charge is 0.494 e. The number of hydrogen-bond donors (Lipinski definition) is 0. The predicted octanol–water partition coefficient (Wildman–Crippen LogP) is 6.55. The van der Waals surface area contributed by atoms with Crippen molar-refractivity contribution < 1.29 is 17.9 Å². The standard InChI is InChI=1S/C29H46N2O4S/c1-4-5-6-7-8-9-10-11-12-13-14-17-24-35-28-21-19-26(20-22-28)29(32)31(36(3,33)34)25-27-18-15-16-23-30(27)2/h15-16,18-22H,4-14,17,23-25H2,1-3H3. The third-order valence-electron chi connectivity index (χ3n) is 6.59. The molecule has 0 aromatic heterocycles. The molecule has 0 saturated carbocycles.